The van der Waals surface area contributed by atoms with E-state index in [0.717, 1.165) is 50.8 Å². The standard InChI is InChI=1S/C15H18FN3O/c16-12-8-11(9-17-10-12)13-2-7-18-6-1-3-15(4-5-15)14(20)19(13)18/h8-10,13H,1-7H2/t13-/m0/s1. The van der Waals surface area contributed by atoms with Crippen LogP contribution in [0.4, 0.5) is 4.39 Å². The van der Waals surface area contributed by atoms with E-state index in [0.29, 0.717) is 0 Å². The lowest BCUT2D eigenvalue weighted by atomic mass is 9.98. The van der Waals surface area contributed by atoms with E-state index in [1.807, 2.05) is 5.01 Å². The predicted octanol–water partition coefficient (Wildman–Crippen LogP) is 2.29. The summed E-state index contributed by atoms with van der Waals surface area (Å²) in [6.07, 6.45) is 7.89. The third-order valence-corrected chi connectivity index (χ3v) is 4.96. The molecule has 3 heterocycles. The Labute approximate surface area is 117 Å². The first-order valence-electron chi connectivity index (χ1n) is 7.39. The Kier molecular flexibility index (Phi) is 2.61. The lowest BCUT2D eigenvalue weighted by Gasteiger charge is -2.32. The third kappa shape index (κ3) is 1.76. The van der Waals surface area contributed by atoms with E-state index < -0.39 is 0 Å². The Hall–Kier alpha value is -1.49. The number of aromatic nitrogens is 1. The minimum Gasteiger partial charge on any atom is -0.273 e. The van der Waals surface area contributed by atoms with Crippen molar-refractivity contribution in [2.45, 2.75) is 38.1 Å². The maximum atomic E-state index is 13.4. The van der Waals surface area contributed by atoms with E-state index in [9.17, 15) is 9.18 Å². The number of carbonyl (C=O) groups excluding carboxylic acids is 1. The van der Waals surface area contributed by atoms with Crippen molar-refractivity contribution < 1.29 is 9.18 Å². The zero-order chi connectivity index (χ0) is 13.7. The fourth-order valence-corrected chi connectivity index (χ4v) is 3.67. The van der Waals surface area contributed by atoms with Gasteiger partial charge in [-0.3, -0.25) is 14.8 Å². The van der Waals surface area contributed by atoms with Crippen LogP contribution in [0.3, 0.4) is 0 Å². The number of hydrogen-bond donors (Lipinski definition) is 0. The predicted molar refractivity (Wildman–Crippen MR) is 70.9 cm³/mol. The average Bonchev–Trinajstić information content (AvgIpc) is 3.13. The summed E-state index contributed by atoms with van der Waals surface area (Å²) < 4.78 is 13.4. The zero-order valence-corrected chi connectivity index (χ0v) is 11.4. The van der Waals surface area contributed by atoms with Gasteiger partial charge in [0.15, 0.2) is 0 Å². The van der Waals surface area contributed by atoms with Crippen LogP contribution in [0.1, 0.15) is 43.7 Å². The molecule has 0 unspecified atom stereocenters. The van der Waals surface area contributed by atoms with Crippen molar-refractivity contribution >= 4 is 5.91 Å². The number of carbonyl (C=O) groups is 1. The van der Waals surface area contributed by atoms with Gasteiger partial charge in [0, 0.05) is 19.3 Å². The van der Waals surface area contributed by atoms with Crippen LogP contribution < -0.4 is 0 Å². The van der Waals surface area contributed by atoms with E-state index in [2.05, 4.69) is 9.99 Å². The maximum absolute atomic E-state index is 13.4. The van der Waals surface area contributed by atoms with E-state index in [-0.39, 0.29) is 23.2 Å². The molecule has 1 spiro atoms. The summed E-state index contributed by atoms with van der Waals surface area (Å²) in [6.45, 7) is 1.82. The minimum absolute atomic E-state index is 0.0405. The number of amides is 1. The topological polar surface area (TPSA) is 36.4 Å². The molecule has 106 valence electrons. The number of hydrogen-bond acceptors (Lipinski definition) is 3. The fourth-order valence-electron chi connectivity index (χ4n) is 3.67. The van der Waals surface area contributed by atoms with Crippen LogP contribution in [0, 0.1) is 11.2 Å². The first kappa shape index (κ1) is 12.3. The van der Waals surface area contributed by atoms with Gasteiger partial charge in [0.25, 0.3) is 0 Å². The van der Waals surface area contributed by atoms with Gasteiger partial charge in [0.05, 0.1) is 17.7 Å². The van der Waals surface area contributed by atoms with Crippen molar-refractivity contribution in [3.63, 3.8) is 0 Å². The molecule has 1 amide bonds. The first-order valence-corrected chi connectivity index (χ1v) is 7.39. The summed E-state index contributed by atoms with van der Waals surface area (Å²) in [5.41, 5.74) is 0.719. The van der Waals surface area contributed by atoms with Crippen LogP contribution in [-0.2, 0) is 4.79 Å². The molecule has 1 aromatic heterocycles. The quantitative estimate of drug-likeness (QED) is 0.789. The van der Waals surface area contributed by atoms with Gasteiger partial charge < -0.3 is 0 Å². The molecule has 3 fully saturated rings. The Morgan fingerprint density at radius 1 is 1.25 bits per heavy atom. The molecule has 1 atom stereocenters. The monoisotopic (exact) mass is 275 g/mol. The fraction of sp³-hybridized carbons (Fsp3) is 0.600. The Morgan fingerprint density at radius 2 is 2.10 bits per heavy atom. The highest BCUT2D eigenvalue weighted by molar-refractivity contribution is 5.85. The number of nitrogens with zero attached hydrogens (tertiary/aromatic N) is 3. The van der Waals surface area contributed by atoms with Crippen molar-refractivity contribution in [1.29, 1.82) is 0 Å². The smallest absolute Gasteiger partial charge is 0.243 e. The summed E-state index contributed by atoms with van der Waals surface area (Å²) in [5.74, 6) is -0.0777. The normalized spacial score (nSPS) is 28.6. The highest BCUT2D eigenvalue weighted by Gasteiger charge is 2.55. The second-order valence-corrected chi connectivity index (χ2v) is 6.23. The molecule has 3 aliphatic rings. The number of fused-ring (bicyclic) bond motifs is 1. The highest BCUT2D eigenvalue weighted by atomic mass is 19.1. The first-order chi connectivity index (χ1) is 9.70. The van der Waals surface area contributed by atoms with Gasteiger partial charge in [-0.05, 0) is 43.7 Å². The van der Waals surface area contributed by atoms with Gasteiger partial charge in [-0.15, -0.1) is 0 Å². The summed E-state index contributed by atoms with van der Waals surface area (Å²) in [7, 11) is 0. The summed E-state index contributed by atoms with van der Waals surface area (Å²) in [6, 6.07) is 1.47. The Morgan fingerprint density at radius 3 is 2.85 bits per heavy atom. The van der Waals surface area contributed by atoms with Crippen molar-refractivity contribution in [2.75, 3.05) is 13.1 Å². The SMILES string of the molecule is O=C1N2[C@H](c3cncc(F)c3)CCN2CCCC12CC2. The maximum Gasteiger partial charge on any atom is 0.243 e. The van der Waals surface area contributed by atoms with Crippen LogP contribution in [0.25, 0.3) is 0 Å². The summed E-state index contributed by atoms with van der Waals surface area (Å²) >= 11 is 0. The molecule has 20 heavy (non-hydrogen) atoms. The van der Waals surface area contributed by atoms with Crippen LogP contribution in [0.2, 0.25) is 0 Å². The van der Waals surface area contributed by atoms with Crippen LogP contribution in [0.15, 0.2) is 18.5 Å². The van der Waals surface area contributed by atoms with Crippen LogP contribution in [0.5, 0.6) is 0 Å². The highest BCUT2D eigenvalue weighted by Crippen LogP contribution is 2.54. The zero-order valence-electron chi connectivity index (χ0n) is 11.4. The van der Waals surface area contributed by atoms with E-state index >= 15 is 0 Å². The molecular formula is C15H18FN3O. The second-order valence-electron chi connectivity index (χ2n) is 6.23. The molecule has 1 saturated carbocycles. The largest absolute Gasteiger partial charge is 0.273 e. The summed E-state index contributed by atoms with van der Waals surface area (Å²) in [5, 5.41) is 4.07. The number of pyridine rings is 1. The second kappa shape index (κ2) is 4.25. The lowest BCUT2D eigenvalue weighted by molar-refractivity contribution is -0.151. The lowest BCUT2D eigenvalue weighted by Crippen LogP contribution is -2.44. The van der Waals surface area contributed by atoms with E-state index in [1.54, 1.807) is 6.20 Å². The molecule has 1 aromatic rings. The number of halogens is 1. The molecule has 2 saturated heterocycles. The van der Waals surface area contributed by atoms with E-state index in [1.165, 1.54) is 12.3 Å². The minimum atomic E-state index is -0.329. The van der Waals surface area contributed by atoms with Gasteiger partial charge in [0.2, 0.25) is 5.91 Å². The molecule has 0 radical (unpaired) electrons. The third-order valence-electron chi connectivity index (χ3n) is 4.96. The molecule has 0 aromatic carbocycles. The van der Waals surface area contributed by atoms with E-state index in [4.69, 9.17) is 0 Å². The van der Waals surface area contributed by atoms with Crippen molar-refractivity contribution in [2.24, 2.45) is 5.41 Å². The van der Waals surface area contributed by atoms with Gasteiger partial charge in [-0.25, -0.2) is 9.40 Å². The molecule has 1 aliphatic carbocycles. The molecule has 2 aliphatic heterocycles. The van der Waals surface area contributed by atoms with Crippen molar-refractivity contribution in [3.8, 4) is 0 Å². The summed E-state index contributed by atoms with van der Waals surface area (Å²) in [4.78, 5) is 16.8. The molecule has 4 nitrogen and oxygen atoms in total. The van der Waals surface area contributed by atoms with Crippen LogP contribution >= 0.6 is 0 Å². The average molecular weight is 275 g/mol. The van der Waals surface area contributed by atoms with Crippen molar-refractivity contribution in [1.82, 2.24) is 15.0 Å². The van der Waals surface area contributed by atoms with Gasteiger partial charge in [-0.1, -0.05) is 0 Å². The molecular weight excluding hydrogens is 257 g/mol. The Balaban J connectivity index is 1.69. The number of hydrazine groups is 1. The van der Waals surface area contributed by atoms with Gasteiger partial charge in [0.1, 0.15) is 5.82 Å². The van der Waals surface area contributed by atoms with Gasteiger partial charge in [-0.2, -0.15) is 0 Å². The number of rotatable bonds is 1. The molecule has 0 bridgehead atoms. The Bertz CT molecular complexity index is 558. The van der Waals surface area contributed by atoms with Gasteiger partial charge >= 0.3 is 0 Å². The van der Waals surface area contributed by atoms with Crippen LogP contribution in [-0.4, -0.2) is 34.0 Å². The van der Waals surface area contributed by atoms with Crippen molar-refractivity contribution in [3.05, 3.63) is 29.8 Å². The molecule has 4 rings (SSSR count). The molecule has 0 N–H and O–H groups in total. The molecule has 5 heteroatoms.